The first-order chi connectivity index (χ1) is 9.16. The van der Waals surface area contributed by atoms with Crippen LogP contribution in [0.15, 0.2) is 30.3 Å². The van der Waals surface area contributed by atoms with Gasteiger partial charge in [-0.05, 0) is 24.7 Å². The fourth-order valence-electron chi connectivity index (χ4n) is 1.46. The molecule has 1 amide bonds. The molecule has 1 aromatic carbocycles. The lowest BCUT2D eigenvalue weighted by atomic mass is 10.2. The first-order valence-corrected chi connectivity index (χ1v) is 6.04. The van der Waals surface area contributed by atoms with Crippen LogP contribution in [0.25, 0.3) is 0 Å². The van der Waals surface area contributed by atoms with Gasteiger partial charge in [0.2, 0.25) is 4.77 Å². The molecule has 0 aliphatic heterocycles. The Kier molecular flexibility index (Phi) is 4.24. The minimum atomic E-state index is -0.534. The van der Waals surface area contributed by atoms with Crippen molar-refractivity contribution in [3.63, 3.8) is 0 Å². The minimum Gasteiger partial charge on any atom is -0.445 e. The lowest BCUT2D eigenvalue weighted by Crippen LogP contribution is -2.31. The fourth-order valence-corrected chi connectivity index (χ4v) is 1.70. The maximum atomic E-state index is 11.6. The van der Waals surface area contributed by atoms with Crippen LogP contribution in [0.4, 0.5) is 4.79 Å². The van der Waals surface area contributed by atoms with Gasteiger partial charge in [0.05, 0.1) is 0 Å². The van der Waals surface area contributed by atoms with Crippen LogP contribution in [-0.2, 0) is 11.3 Å². The number of carbonyl (C=O) groups is 1. The zero-order valence-corrected chi connectivity index (χ0v) is 11.1. The summed E-state index contributed by atoms with van der Waals surface area (Å²) in [6.07, 6.45) is -0.946. The molecule has 0 bridgehead atoms. The maximum Gasteiger partial charge on any atom is 0.409 e. The molecule has 0 radical (unpaired) electrons. The van der Waals surface area contributed by atoms with Gasteiger partial charge in [0.25, 0.3) is 0 Å². The van der Waals surface area contributed by atoms with Gasteiger partial charge in [-0.15, -0.1) is 0 Å². The number of ether oxygens (including phenoxy) is 1. The standard InChI is InChI=1S/C11H13N5O2S/c1-8(16-10(19)13-14-15-16)12-11(17)18-7-9-5-3-2-4-6-9/h2-6,8H,7H2,1H3,(H,12,17)(H,13,15,19). The summed E-state index contributed by atoms with van der Waals surface area (Å²) in [5, 5.41) is 12.3. The largest absolute Gasteiger partial charge is 0.445 e. The summed E-state index contributed by atoms with van der Waals surface area (Å²) in [7, 11) is 0. The number of alkyl carbamates (subject to hydrolysis) is 1. The lowest BCUT2D eigenvalue weighted by Gasteiger charge is -2.13. The second-order valence-electron chi connectivity index (χ2n) is 3.83. The number of carbonyl (C=O) groups excluding carboxylic acids is 1. The second kappa shape index (κ2) is 6.10. The van der Waals surface area contributed by atoms with E-state index in [4.69, 9.17) is 17.0 Å². The van der Waals surface area contributed by atoms with Crippen LogP contribution in [0, 0.1) is 4.77 Å². The van der Waals surface area contributed by atoms with E-state index in [0.717, 1.165) is 5.56 Å². The van der Waals surface area contributed by atoms with E-state index in [1.54, 1.807) is 6.92 Å². The van der Waals surface area contributed by atoms with E-state index in [-0.39, 0.29) is 11.4 Å². The van der Waals surface area contributed by atoms with E-state index in [1.807, 2.05) is 30.3 Å². The normalized spacial score (nSPS) is 11.8. The molecule has 0 spiro atoms. The lowest BCUT2D eigenvalue weighted by molar-refractivity contribution is 0.131. The molecule has 0 fully saturated rings. The van der Waals surface area contributed by atoms with Gasteiger partial charge in [-0.25, -0.2) is 9.48 Å². The molecular formula is C11H13N5O2S. The van der Waals surface area contributed by atoms with Crippen molar-refractivity contribution in [1.82, 2.24) is 25.5 Å². The van der Waals surface area contributed by atoms with Crippen molar-refractivity contribution in [2.45, 2.75) is 19.7 Å². The Bertz CT molecular complexity index is 594. The third-order valence-electron chi connectivity index (χ3n) is 2.42. The Hall–Kier alpha value is -2.22. The number of benzene rings is 1. The van der Waals surface area contributed by atoms with E-state index >= 15 is 0 Å². The number of H-pyrrole nitrogens is 1. The van der Waals surface area contributed by atoms with Crippen molar-refractivity contribution < 1.29 is 9.53 Å². The minimum absolute atomic E-state index is 0.214. The molecular weight excluding hydrogens is 266 g/mol. The topological polar surface area (TPSA) is 84.8 Å². The van der Waals surface area contributed by atoms with Gasteiger partial charge in [0, 0.05) is 0 Å². The molecule has 2 N–H and O–H groups in total. The van der Waals surface area contributed by atoms with Crippen LogP contribution < -0.4 is 5.32 Å². The molecule has 0 aliphatic carbocycles. The van der Waals surface area contributed by atoms with E-state index < -0.39 is 12.3 Å². The molecule has 1 aromatic heterocycles. The monoisotopic (exact) mass is 279 g/mol. The van der Waals surface area contributed by atoms with Gasteiger partial charge in [0.1, 0.15) is 12.8 Å². The van der Waals surface area contributed by atoms with Crippen LogP contribution in [0.5, 0.6) is 0 Å². The molecule has 8 heteroatoms. The highest BCUT2D eigenvalue weighted by molar-refractivity contribution is 7.71. The van der Waals surface area contributed by atoms with Crippen molar-refractivity contribution in [2.75, 3.05) is 0 Å². The zero-order chi connectivity index (χ0) is 13.7. The average Bonchev–Trinajstić information content (AvgIpc) is 2.84. The maximum absolute atomic E-state index is 11.6. The Balaban J connectivity index is 1.85. The highest BCUT2D eigenvalue weighted by Gasteiger charge is 2.11. The Morgan fingerprint density at radius 2 is 2.26 bits per heavy atom. The number of tetrazole rings is 1. The summed E-state index contributed by atoms with van der Waals surface area (Å²) in [5.41, 5.74) is 0.921. The first kappa shape index (κ1) is 13.2. The van der Waals surface area contributed by atoms with Crippen molar-refractivity contribution in [2.24, 2.45) is 0 Å². The van der Waals surface area contributed by atoms with Gasteiger partial charge >= 0.3 is 6.09 Å². The Morgan fingerprint density at radius 3 is 2.89 bits per heavy atom. The summed E-state index contributed by atoms with van der Waals surface area (Å²) in [6, 6.07) is 9.43. The number of hydrogen-bond donors (Lipinski definition) is 2. The van der Waals surface area contributed by atoms with Crippen LogP contribution in [0.1, 0.15) is 18.7 Å². The van der Waals surface area contributed by atoms with Crippen LogP contribution in [0.3, 0.4) is 0 Å². The Labute approximate surface area is 114 Å². The predicted molar refractivity (Wildman–Crippen MR) is 69.7 cm³/mol. The number of amides is 1. The zero-order valence-electron chi connectivity index (χ0n) is 10.2. The quantitative estimate of drug-likeness (QED) is 0.833. The number of aromatic nitrogens is 4. The summed E-state index contributed by atoms with van der Waals surface area (Å²) >= 11 is 4.92. The molecule has 0 aliphatic rings. The number of rotatable bonds is 4. The molecule has 2 aromatic rings. The van der Waals surface area contributed by atoms with Gasteiger partial charge in [-0.3, -0.25) is 5.32 Å². The first-order valence-electron chi connectivity index (χ1n) is 5.63. The number of nitrogens with one attached hydrogen (secondary N) is 2. The molecule has 1 heterocycles. The smallest absolute Gasteiger partial charge is 0.409 e. The van der Waals surface area contributed by atoms with Gasteiger partial charge in [-0.1, -0.05) is 40.6 Å². The van der Waals surface area contributed by atoms with Crippen LogP contribution in [0.2, 0.25) is 0 Å². The summed E-state index contributed by atoms with van der Waals surface area (Å²) in [5.74, 6) is 0. The molecule has 100 valence electrons. The molecule has 7 nitrogen and oxygen atoms in total. The summed E-state index contributed by atoms with van der Waals surface area (Å²) in [4.78, 5) is 11.6. The van der Waals surface area contributed by atoms with E-state index in [2.05, 4.69) is 20.8 Å². The van der Waals surface area contributed by atoms with E-state index in [0.29, 0.717) is 0 Å². The molecule has 2 rings (SSSR count). The third-order valence-corrected chi connectivity index (χ3v) is 2.70. The SMILES string of the molecule is CC(NC(=O)OCc1ccccc1)n1[nH]nnc1=S. The highest BCUT2D eigenvalue weighted by atomic mass is 32.1. The van der Waals surface area contributed by atoms with Gasteiger partial charge < -0.3 is 4.74 Å². The average molecular weight is 279 g/mol. The molecule has 0 saturated heterocycles. The van der Waals surface area contributed by atoms with Crippen molar-refractivity contribution >= 4 is 18.3 Å². The summed E-state index contributed by atoms with van der Waals surface area (Å²) < 4.78 is 6.79. The van der Waals surface area contributed by atoms with E-state index in [1.165, 1.54) is 4.68 Å². The molecule has 0 saturated carbocycles. The summed E-state index contributed by atoms with van der Waals surface area (Å²) in [6.45, 7) is 1.95. The second-order valence-corrected chi connectivity index (χ2v) is 4.20. The molecule has 1 unspecified atom stereocenters. The van der Waals surface area contributed by atoms with Gasteiger partial charge in [0.15, 0.2) is 0 Å². The van der Waals surface area contributed by atoms with E-state index in [9.17, 15) is 4.79 Å². The van der Waals surface area contributed by atoms with Crippen molar-refractivity contribution in [1.29, 1.82) is 0 Å². The molecule has 19 heavy (non-hydrogen) atoms. The van der Waals surface area contributed by atoms with Crippen LogP contribution in [-0.4, -0.2) is 26.3 Å². The Morgan fingerprint density at radius 1 is 1.53 bits per heavy atom. The van der Waals surface area contributed by atoms with Crippen LogP contribution >= 0.6 is 12.2 Å². The highest BCUT2D eigenvalue weighted by Crippen LogP contribution is 2.02. The number of hydrogen-bond acceptors (Lipinski definition) is 5. The van der Waals surface area contributed by atoms with Crippen molar-refractivity contribution in [3.05, 3.63) is 40.7 Å². The third kappa shape index (κ3) is 3.62. The number of aromatic amines is 1. The van der Waals surface area contributed by atoms with Gasteiger partial charge in [-0.2, -0.15) is 5.21 Å². The number of nitrogens with zero attached hydrogens (tertiary/aromatic N) is 3. The fraction of sp³-hybridized carbons (Fsp3) is 0.273. The predicted octanol–water partition coefficient (Wildman–Crippen LogP) is 1.78. The molecule has 1 atom stereocenters. The van der Waals surface area contributed by atoms with Crippen molar-refractivity contribution in [3.8, 4) is 0 Å².